The van der Waals surface area contributed by atoms with Crippen LogP contribution in [0.5, 0.6) is 0 Å². The molecular formula is C20H19F3N4O3S2. The van der Waals surface area contributed by atoms with Crippen molar-refractivity contribution in [3.63, 3.8) is 0 Å². The van der Waals surface area contributed by atoms with Crippen LogP contribution >= 0.6 is 11.3 Å². The zero-order valence-corrected chi connectivity index (χ0v) is 18.6. The Balaban J connectivity index is 1.60. The van der Waals surface area contributed by atoms with Gasteiger partial charge in [0.2, 0.25) is 5.13 Å². The van der Waals surface area contributed by atoms with Crippen LogP contribution in [0.15, 0.2) is 53.4 Å². The summed E-state index contributed by atoms with van der Waals surface area (Å²) in [6.07, 6.45) is -4.47. The number of hydrogen-bond acceptors (Lipinski definition) is 6. The Hall–Kier alpha value is -2.99. The summed E-state index contributed by atoms with van der Waals surface area (Å²) in [5.41, 5.74) is -0.144. The Morgan fingerprint density at radius 1 is 1.03 bits per heavy atom. The summed E-state index contributed by atoms with van der Waals surface area (Å²) in [5, 5.41) is 11.2. The second-order valence-corrected chi connectivity index (χ2v) is 9.80. The van der Waals surface area contributed by atoms with Gasteiger partial charge in [0.15, 0.2) is 0 Å². The average Bonchev–Trinajstić information content (AvgIpc) is 3.20. The van der Waals surface area contributed by atoms with E-state index in [1.54, 1.807) is 0 Å². The summed E-state index contributed by atoms with van der Waals surface area (Å²) in [6.45, 7) is 3.92. The Labute approximate surface area is 186 Å². The van der Waals surface area contributed by atoms with Gasteiger partial charge in [-0.25, -0.2) is 8.42 Å². The predicted octanol–water partition coefficient (Wildman–Crippen LogP) is 4.41. The number of carbonyl (C=O) groups excluding carboxylic acids is 1. The van der Waals surface area contributed by atoms with Crippen molar-refractivity contribution < 1.29 is 26.4 Å². The van der Waals surface area contributed by atoms with Crippen LogP contribution in [0.3, 0.4) is 0 Å². The zero-order valence-electron chi connectivity index (χ0n) is 17.0. The third-order valence-electron chi connectivity index (χ3n) is 4.32. The van der Waals surface area contributed by atoms with E-state index >= 15 is 0 Å². The number of sulfonamides is 1. The molecule has 2 N–H and O–H groups in total. The Morgan fingerprint density at radius 3 is 2.19 bits per heavy atom. The van der Waals surface area contributed by atoms with E-state index in [0.29, 0.717) is 10.6 Å². The molecule has 0 radical (unpaired) electrons. The summed E-state index contributed by atoms with van der Waals surface area (Å²) in [6, 6.07) is 9.68. The molecule has 1 heterocycles. The van der Waals surface area contributed by atoms with E-state index in [1.165, 1.54) is 24.3 Å². The summed E-state index contributed by atoms with van der Waals surface area (Å²) in [4.78, 5) is 12.2. The number of anilines is 1. The maximum absolute atomic E-state index is 12.6. The van der Waals surface area contributed by atoms with Crippen molar-refractivity contribution >= 4 is 32.4 Å². The fraction of sp³-hybridized carbons (Fsp3) is 0.250. The third kappa shape index (κ3) is 5.82. The molecule has 0 aliphatic rings. The zero-order chi connectivity index (χ0) is 23.5. The molecule has 0 saturated heterocycles. The summed E-state index contributed by atoms with van der Waals surface area (Å²) < 4.78 is 65.2. The van der Waals surface area contributed by atoms with Crippen molar-refractivity contribution in [1.82, 2.24) is 15.5 Å². The van der Waals surface area contributed by atoms with Gasteiger partial charge in [-0.05, 0) is 42.0 Å². The predicted molar refractivity (Wildman–Crippen MR) is 114 cm³/mol. The van der Waals surface area contributed by atoms with Crippen molar-refractivity contribution in [1.29, 1.82) is 0 Å². The first kappa shape index (κ1) is 23.7. The van der Waals surface area contributed by atoms with Crippen molar-refractivity contribution in [2.24, 2.45) is 0 Å². The lowest BCUT2D eigenvalue weighted by molar-refractivity contribution is -0.137. The largest absolute Gasteiger partial charge is 0.416 e. The van der Waals surface area contributed by atoms with Gasteiger partial charge in [-0.2, -0.15) is 13.2 Å². The van der Waals surface area contributed by atoms with Gasteiger partial charge in [0.25, 0.3) is 15.9 Å². The number of carbonyl (C=O) groups is 1. The number of nitrogens with zero attached hydrogens (tertiary/aromatic N) is 2. The molecule has 2 aromatic carbocycles. The average molecular weight is 485 g/mol. The van der Waals surface area contributed by atoms with Gasteiger partial charge in [0.1, 0.15) is 5.01 Å². The third-order valence-corrected chi connectivity index (χ3v) is 6.94. The number of rotatable bonds is 7. The van der Waals surface area contributed by atoms with Crippen molar-refractivity contribution in [3.8, 4) is 0 Å². The molecular weight excluding hydrogens is 465 g/mol. The minimum absolute atomic E-state index is 0.0108. The number of halogens is 3. The number of alkyl halides is 3. The van der Waals surface area contributed by atoms with Crippen LogP contribution in [0, 0.1) is 0 Å². The topological polar surface area (TPSA) is 101 Å². The van der Waals surface area contributed by atoms with E-state index in [-0.39, 0.29) is 28.1 Å². The lowest BCUT2D eigenvalue weighted by Gasteiger charge is -2.09. The van der Waals surface area contributed by atoms with Crippen LogP contribution in [0.2, 0.25) is 0 Å². The van der Waals surface area contributed by atoms with E-state index in [9.17, 15) is 26.4 Å². The molecule has 170 valence electrons. The lowest BCUT2D eigenvalue weighted by Crippen LogP contribution is -2.23. The van der Waals surface area contributed by atoms with Crippen LogP contribution < -0.4 is 10.0 Å². The molecule has 0 fully saturated rings. The molecule has 7 nitrogen and oxygen atoms in total. The summed E-state index contributed by atoms with van der Waals surface area (Å²) in [7, 11) is -3.85. The van der Waals surface area contributed by atoms with Gasteiger partial charge in [0.05, 0.1) is 10.5 Å². The van der Waals surface area contributed by atoms with Gasteiger partial charge in [-0.3, -0.25) is 9.52 Å². The molecule has 0 bridgehead atoms. The summed E-state index contributed by atoms with van der Waals surface area (Å²) >= 11 is 1.15. The molecule has 3 aromatic rings. The fourth-order valence-corrected chi connectivity index (χ4v) is 4.54. The van der Waals surface area contributed by atoms with Gasteiger partial charge < -0.3 is 5.32 Å². The molecule has 0 saturated carbocycles. The van der Waals surface area contributed by atoms with Crippen molar-refractivity contribution in [2.75, 3.05) is 4.72 Å². The quantitative estimate of drug-likeness (QED) is 0.517. The number of aromatic nitrogens is 2. The Morgan fingerprint density at radius 2 is 1.66 bits per heavy atom. The maximum Gasteiger partial charge on any atom is 0.416 e. The first-order valence-corrected chi connectivity index (χ1v) is 11.7. The highest BCUT2D eigenvalue weighted by Gasteiger charge is 2.30. The summed E-state index contributed by atoms with van der Waals surface area (Å²) in [5.74, 6) is -0.419. The molecule has 0 spiro atoms. The van der Waals surface area contributed by atoms with Crippen LogP contribution in [0.4, 0.5) is 18.3 Å². The molecule has 1 aromatic heterocycles. The smallest absolute Gasteiger partial charge is 0.348 e. The molecule has 0 unspecified atom stereocenters. The molecule has 0 atom stereocenters. The molecule has 3 rings (SSSR count). The van der Waals surface area contributed by atoms with Crippen LogP contribution in [-0.2, 0) is 22.7 Å². The lowest BCUT2D eigenvalue weighted by atomic mass is 10.1. The fourth-order valence-electron chi connectivity index (χ4n) is 2.56. The molecule has 32 heavy (non-hydrogen) atoms. The second-order valence-electron chi connectivity index (χ2n) is 7.11. The molecule has 12 heteroatoms. The Bertz CT molecular complexity index is 1190. The Kier molecular flexibility index (Phi) is 6.84. The number of hydrogen-bond donors (Lipinski definition) is 2. The molecule has 0 aliphatic carbocycles. The molecule has 1 amide bonds. The molecule has 0 aliphatic heterocycles. The highest BCUT2D eigenvalue weighted by Crippen LogP contribution is 2.29. The maximum atomic E-state index is 12.6. The van der Waals surface area contributed by atoms with Crippen LogP contribution in [-0.4, -0.2) is 24.5 Å². The number of nitrogens with one attached hydrogen (secondary N) is 2. The highest BCUT2D eigenvalue weighted by molar-refractivity contribution is 7.93. The van der Waals surface area contributed by atoms with Crippen molar-refractivity contribution in [2.45, 2.75) is 37.4 Å². The minimum Gasteiger partial charge on any atom is -0.348 e. The normalized spacial score (nSPS) is 12.1. The monoisotopic (exact) mass is 484 g/mol. The highest BCUT2D eigenvalue weighted by atomic mass is 32.2. The van der Waals surface area contributed by atoms with Crippen LogP contribution in [0.1, 0.15) is 46.3 Å². The van der Waals surface area contributed by atoms with Gasteiger partial charge in [0, 0.05) is 18.0 Å². The van der Waals surface area contributed by atoms with E-state index in [0.717, 1.165) is 35.6 Å². The van der Waals surface area contributed by atoms with Gasteiger partial charge >= 0.3 is 6.18 Å². The second kappa shape index (κ2) is 9.25. The van der Waals surface area contributed by atoms with Crippen LogP contribution in [0.25, 0.3) is 0 Å². The minimum atomic E-state index is -4.47. The van der Waals surface area contributed by atoms with Crippen molar-refractivity contribution in [3.05, 3.63) is 70.2 Å². The SMILES string of the molecule is CC(C)c1nnc(NS(=O)(=O)c2ccc(CNC(=O)c3ccc(C(F)(F)F)cc3)cc2)s1. The van der Waals surface area contributed by atoms with Gasteiger partial charge in [-0.1, -0.05) is 37.3 Å². The van der Waals surface area contributed by atoms with E-state index in [1.807, 2.05) is 13.8 Å². The number of amides is 1. The van der Waals surface area contributed by atoms with Gasteiger partial charge in [-0.15, -0.1) is 10.2 Å². The van der Waals surface area contributed by atoms with E-state index < -0.39 is 27.7 Å². The van der Waals surface area contributed by atoms with E-state index in [2.05, 4.69) is 20.2 Å². The van der Waals surface area contributed by atoms with E-state index in [4.69, 9.17) is 0 Å². The number of benzene rings is 2. The first-order chi connectivity index (χ1) is 15.0. The standard InChI is InChI=1S/C20H19F3N4O3S2/c1-12(2)18-25-26-19(31-18)27-32(29,30)16-9-3-13(4-10-16)11-24-17(28)14-5-7-15(8-6-14)20(21,22)23/h3-10,12H,11H2,1-2H3,(H,24,28)(H,26,27). The first-order valence-electron chi connectivity index (χ1n) is 9.36.